The van der Waals surface area contributed by atoms with Crippen LogP contribution in [-0.2, 0) is 0 Å². The minimum atomic E-state index is -2.98. The van der Waals surface area contributed by atoms with Gasteiger partial charge in [0.1, 0.15) is 0 Å². The van der Waals surface area contributed by atoms with Crippen LogP contribution in [0, 0.1) is 0 Å². The first-order chi connectivity index (χ1) is 13.9. The first kappa shape index (κ1) is 20.1. The van der Waals surface area contributed by atoms with E-state index in [0.717, 1.165) is 29.6 Å². The molecule has 3 N–H and O–H groups in total. The Balaban J connectivity index is 1.77. The van der Waals surface area contributed by atoms with Crippen molar-refractivity contribution in [2.45, 2.75) is 50.1 Å². The Labute approximate surface area is 175 Å². The molecule has 0 fully saturated rings. The summed E-state index contributed by atoms with van der Waals surface area (Å²) in [6, 6.07) is 29.4. The van der Waals surface area contributed by atoms with Gasteiger partial charge >= 0.3 is 0 Å². The van der Waals surface area contributed by atoms with E-state index in [1.807, 2.05) is 36.4 Å². The Hall–Kier alpha value is -2.20. The molecule has 150 valence electrons. The molecule has 0 saturated carbocycles. The summed E-state index contributed by atoms with van der Waals surface area (Å²) in [5.74, 6) is 0.424. The third-order valence-electron chi connectivity index (χ3n) is 6.78. The Morgan fingerprint density at radius 3 is 1.83 bits per heavy atom. The van der Waals surface area contributed by atoms with Crippen molar-refractivity contribution in [3.8, 4) is 0 Å². The second kappa shape index (κ2) is 7.90. The summed E-state index contributed by atoms with van der Waals surface area (Å²) in [5, 5.41) is 1.92. The summed E-state index contributed by atoms with van der Waals surface area (Å²) < 4.78 is 0. The lowest BCUT2D eigenvalue weighted by Crippen LogP contribution is -2.65. The molecule has 29 heavy (non-hydrogen) atoms. The maximum atomic E-state index is 12.4. The lowest BCUT2D eigenvalue weighted by molar-refractivity contribution is 0.394. The molecule has 3 aromatic carbocycles. The van der Waals surface area contributed by atoms with Gasteiger partial charge in [0.05, 0.1) is 0 Å². The van der Waals surface area contributed by atoms with Crippen molar-refractivity contribution < 1.29 is 4.80 Å². The predicted molar refractivity (Wildman–Crippen MR) is 124 cm³/mol. The van der Waals surface area contributed by atoms with Gasteiger partial charge in [-0.15, -0.1) is 0 Å². The molecule has 1 aliphatic rings. The fourth-order valence-corrected chi connectivity index (χ4v) is 8.98. The summed E-state index contributed by atoms with van der Waals surface area (Å²) in [4.78, 5) is 12.4. The zero-order valence-electron chi connectivity index (χ0n) is 17.4. The molecular formula is C26H31NOSi. The summed E-state index contributed by atoms with van der Waals surface area (Å²) in [6.45, 7) is 4.52. The van der Waals surface area contributed by atoms with Gasteiger partial charge in [-0.3, -0.25) is 0 Å². The van der Waals surface area contributed by atoms with Crippen molar-refractivity contribution in [2.75, 3.05) is 0 Å². The van der Waals surface area contributed by atoms with Crippen molar-refractivity contribution in [1.29, 1.82) is 0 Å². The highest BCUT2D eigenvalue weighted by Crippen LogP contribution is 2.48. The van der Waals surface area contributed by atoms with Gasteiger partial charge in [-0.1, -0.05) is 98.8 Å². The highest BCUT2D eigenvalue weighted by Gasteiger charge is 2.51. The first-order valence-corrected chi connectivity index (χ1v) is 12.6. The molecule has 0 bridgehead atoms. The molecule has 4 rings (SSSR count). The van der Waals surface area contributed by atoms with Gasteiger partial charge in [0.2, 0.25) is 0 Å². The van der Waals surface area contributed by atoms with Crippen LogP contribution in [0.1, 0.15) is 56.2 Å². The van der Waals surface area contributed by atoms with Gasteiger partial charge in [-0.2, -0.15) is 0 Å². The molecule has 0 saturated heterocycles. The van der Waals surface area contributed by atoms with E-state index in [1.54, 1.807) is 0 Å². The molecular weight excluding hydrogens is 370 g/mol. The molecule has 0 spiro atoms. The third-order valence-corrected chi connectivity index (χ3v) is 11.3. The first-order valence-electron chi connectivity index (χ1n) is 10.6. The molecule has 0 amide bonds. The predicted octanol–water partition coefficient (Wildman–Crippen LogP) is 4.49. The molecule has 0 radical (unpaired) electrons. The number of hydrogen-bond donors (Lipinski definition) is 2. The van der Waals surface area contributed by atoms with E-state index in [-0.39, 0.29) is 11.1 Å². The van der Waals surface area contributed by atoms with Gasteiger partial charge < -0.3 is 10.5 Å². The number of fused-ring (bicyclic) bond motifs is 1. The standard InChI is InChI=1S/C26H31NOSi/c1-26(2,19-20-17-18-25(27)24-16-10-9-15-23(20)24)29(28,21-11-5-3-6-12-21)22-13-7-4-8-14-22/h3-16,20,25,28H,17-19,27H2,1-2H3/t20-,25+/m0/s1. The summed E-state index contributed by atoms with van der Waals surface area (Å²) in [5.41, 5.74) is 9.05. The van der Waals surface area contributed by atoms with Crippen molar-refractivity contribution in [3.05, 3.63) is 96.1 Å². The van der Waals surface area contributed by atoms with Gasteiger partial charge in [0.25, 0.3) is 8.32 Å². The fraction of sp³-hybridized carbons (Fsp3) is 0.308. The molecule has 2 atom stereocenters. The van der Waals surface area contributed by atoms with E-state index >= 15 is 0 Å². The molecule has 0 aliphatic heterocycles. The maximum absolute atomic E-state index is 12.4. The molecule has 2 nitrogen and oxygen atoms in total. The smallest absolute Gasteiger partial charge is 0.258 e. The Morgan fingerprint density at radius 2 is 1.28 bits per heavy atom. The second-order valence-electron chi connectivity index (χ2n) is 9.04. The highest BCUT2D eigenvalue weighted by molar-refractivity contribution is 6.98. The van der Waals surface area contributed by atoms with Gasteiger partial charge in [-0.25, -0.2) is 0 Å². The monoisotopic (exact) mass is 401 g/mol. The van der Waals surface area contributed by atoms with Crippen LogP contribution in [0.2, 0.25) is 5.04 Å². The average Bonchev–Trinajstić information content (AvgIpc) is 2.76. The lowest BCUT2D eigenvalue weighted by Gasteiger charge is -2.44. The van der Waals surface area contributed by atoms with Gasteiger partial charge in [0.15, 0.2) is 0 Å². The minimum absolute atomic E-state index is 0.130. The number of benzene rings is 3. The lowest BCUT2D eigenvalue weighted by atomic mass is 9.76. The Kier molecular flexibility index (Phi) is 5.47. The van der Waals surface area contributed by atoms with Crippen molar-refractivity contribution in [3.63, 3.8) is 0 Å². The summed E-state index contributed by atoms with van der Waals surface area (Å²) >= 11 is 0. The molecule has 1 aliphatic carbocycles. The maximum Gasteiger partial charge on any atom is 0.258 e. The van der Waals surface area contributed by atoms with Crippen LogP contribution in [0.25, 0.3) is 0 Å². The summed E-state index contributed by atoms with van der Waals surface area (Å²) in [7, 11) is -2.98. The van der Waals surface area contributed by atoms with Crippen LogP contribution < -0.4 is 16.1 Å². The van der Waals surface area contributed by atoms with E-state index < -0.39 is 8.32 Å². The van der Waals surface area contributed by atoms with Crippen molar-refractivity contribution in [2.24, 2.45) is 5.73 Å². The van der Waals surface area contributed by atoms with Crippen LogP contribution in [0.4, 0.5) is 0 Å². The van der Waals surface area contributed by atoms with Crippen LogP contribution in [0.3, 0.4) is 0 Å². The van der Waals surface area contributed by atoms with E-state index in [4.69, 9.17) is 5.73 Å². The quantitative estimate of drug-likeness (QED) is 0.619. The largest absolute Gasteiger partial charge is 0.424 e. The van der Waals surface area contributed by atoms with Gasteiger partial charge in [-0.05, 0) is 51.7 Å². The van der Waals surface area contributed by atoms with Crippen molar-refractivity contribution in [1.82, 2.24) is 0 Å². The van der Waals surface area contributed by atoms with Crippen LogP contribution in [0.5, 0.6) is 0 Å². The zero-order valence-corrected chi connectivity index (χ0v) is 18.4. The SMILES string of the molecule is CC(C)(C[C@@H]1CC[C@@H](N)c2ccccc21)[Si](O)(c1ccccc1)c1ccccc1. The normalized spacial score (nSPS) is 19.6. The highest BCUT2D eigenvalue weighted by atomic mass is 28.4. The van der Waals surface area contributed by atoms with E-state index in [2.05, 4.69) is 62.4 Å². The second-order valence-corrected chi connectivity index (χ2v) is 13.0. The number of hydrogen-bond acceptors (Lipinski definition) is 2. The molecule has 3 heteroatoms. The third kappa shape index (κ3) is 3.59. The topological polar surface area (TPSA) is 46.2 Å². The molecule has 3 aromatic rings. The number of nitrogens with two attached hydrogens (primary N) is 1. The van der Waals surface area contributed by atoms with Crippen LogP contribution in [0.15, 0.2) is 84.9 Å². The van der Waals surface area contributed by atoms with Crippen LogP contribution >= 0.6 is 0 Å². The Morgan fingerprint density at radius 1 is 0.793 bits per heavy atom. The zero-order chi connectivity index (χ0) is 20.5. The average molecular weight is 402 g/mol. The van der Waals surface area contributed by atoms with Crippen molar-refractivity contribution >= 4 is 18.7 Å². The van der Waals surface area contributed by atoms with Gasteiger partial charge in [0, 0.05) is 6.04 Å². The number of rotatable bonds is 5. The molecule has 0 aromatic heterocycles. The molecule has 0 heterocycles. The fourth-order valence-electron chi connectivity index (χ4n) is 5.19. The van der Waals surface area contributed by atoms with E-state index in [0.29, 0.717) is 5.92 Å². The molecule has 0 unspecified atom stereocenters. The van der Waals surface area contributed by atoms with E-state index in [9.17, 15) is 4.80 Å². The minimum Gasteiger partial charge on any atom is -0.424 e. The van der Waals surface area contributed by atoms with Crippen LogP contribution in [-0.4, -0.2) is 13.1 Å². The van der Waals surface area contributed by atoms with E-state index in [1.165, 1.54) is 11.1 Å². The Bertz CT molecular complexity index is 915. The summed E-state index contributed by atoms with van der Waals surface area (Å²) in [6.07, 6.45) is 3.04.